The standard InChI is InChI=1S/C10H9ClN2O/c1-6-3-2-4-8-9(6)7(5-12-8)10(11)13-14/h2-5,12,14H,1H3/b13-10-. The predicted molar refractivity (Wildman–Crippen MR) is 57.2 cm³/mol. The summed E-state index contributed by atoms with van der Waals surface area (Å²) in [6.07, 6.45) is 1.74. The van der Waals surface area contributed by atoms with Gasteiger partial charge in [0.1, 0.15) is 0 Å². The largest absolute Gasteiger partial charge is 0.410 e. The van der Waals surface area contributed by atoms with Gasteiger partial charge in [0, 0.05) is 22.7 Å². The summed E-state index contributed by atoms with van der Waals surface area (Å²) in [5, 5.41) is 12.7. The number of hydrogen-bond acceptors (Lipinski definition) is 2. The highest BCUT2D eigenvalue weighted by Gasteiger charge is 2.09. The Kier molecular flexibility index (Phi) is 2.17. The van der Waals surface area contributed by atoms with Crippen LogP contribution in [0.1, 0.15) is 11.1 Å². The number of H-pyrrole nitrogens is 1. The average molecular weight is 209 g/mol. The lowest BCUT2D eigenvalue weighted by atomic mass is 10.1. The Morgan fingerprint density at radius 1 is 1.50 bits per heavy atom. The topological polar surface area (TPSA) is 48.4 Å². The number of benzene rings is 1. The molecule has 0 saturated heterocycles. The average Bonchev–Trinajstić information content (AvgIpc) is 2.62. The number of rotatable bonds is 1. The minimum Gasteiger partial charge on any atom is -0.410 e. The second-order valence-electron chi connectivity index (χ2n) is 3.09. The summed E-state index contributed by atoms with van der Waals surface area (Å²) in [5.41, 5.74) is 2.81. The van der Waals surface area contributed by atoms with Crippen LogP contribution in [-0.4, -0.2) is 15.4 Å². The van der Waals surface area contributed by atoms with Gasteiger partial charge in [-0.2, -0.15) is 0 Å². The van der Waals surface area contributed by atoms with Crippen molar-refractivity contribution in [2.75, 3.05) is 0 Å². The number of nitrogens with zero attached hydrogens (tertiary/aromatic N) is 1. The smallest absolute Gasteiger partial charge is 0.177 e. The van der Waals surface area contributed by atoms with E-state index < -0.39 is 0 Å². The number of nitrogens with one attached hydrogen (secondary N) is 1. The van der Waals surface area contributed by atoms with E-state index in [2.05, 4.69) is 10.1 Å². The lowest BCUT2D eigenvalue weighted by Gasteiger charge is -1.98. The molecule has 0 aliphatic carbocycles. The van der Waals surface area contributed by atoms with E-state index in [0.717, 1.165) is 22.0 Å². The molecule has 0 fully saturated rings. The van der Waals surface area contributed by atoms with Crippen LogP contribution in [0.3, 0.4) is 0 Å². The molecule has 0 aliphatic heterocycles. The Balaban J connectivity index is 2.80. The molecule has 0 bridgehead atoms. The van der Waals surface area contributed by atoms with Crippen LogP contribution in [-0.2, 0) is 0 Å². The number of fused-ring (bicyclic) bond motifs is 1. The zero-order chi connectivity index (χ0) is 10.1. The monoisotopic (exact) mass is 208 g/mol. The van der Waals surface area contributed by atoms with Gasteiger partial charge in [0.25, 0.3) is 0 Å². The molecular formula is C10H9ClN2O. The van der Waals surface area contributed by atoms with Gasteiger partial charge in [0.15, 0.2) is 5.17 Å². The Hall–Kier alpha value is -1.48. The second kappa shape index (κ2) is 3.35. The minimum atomic E-state index is 0.102. The van der Waals surface area contributed by atoms with E-state index in [1.165, 1.54) is 0 Å². The second-order valence-corrected chi connectivity index (χ2v) is 3.45. The summed E-state index contributed by atoms with van der Waals surface area (Å²) < 4.78 is 0. The van der Waals surface area contributed by atoms with Gasteiger partial charge >= 0.3 is 0 Å². The van der Waals surface area contributed by atoms with Crippen LogP contribution in [0, 0.1) is 6.92 Å². The first-order valence-electron chi connectivity index (χ1n) is 4.18. The zero-order valence-corrected chi connectivity index (χ0v) is 8.34. The molecule has 2 aromatic rings. The van der Waals surface area contributed by atoms with Crippen molar-refractivity contribution in [1.29, 1.82) is 0 Å². The SMILES string of the molecule is Cc1cccc2[nH]cc(/C(Cl)=N/O)c12. The highest BCUT2D eigenvalue weighted by atomic mass is 35.5. The number of aryl methyl sites for hydroxylation is 1. The highest BCUT2D eigenvalue weighted by molar-refractivity contribution is 6.70. The maximum atomic E-state index is 8.60. The Morgan fingerprint density at radius 3 is 3.00 bits per heavy atom. The van der Waals surface area contributed by atoms with Gasteiger partial charge in [-0.1, -0.05) is 28.9 Å². The van der Waals surface area contributed by atoms with Gasteiger partial charge < -0.3 is 10.2 Å². The van der Waals surface area contributed by atoms with Crippen LogP contribution in [0.4, 0.5) is 0 Å². The molecular weight excluding hydrogens is 200 g/mol. The van der Waals surface area contributed by atoms with Crippen molar-refractivity contribution < 1.29 is 5.21 Å². The molecule has 2 N–H and O–H groups in total. The van der Waals surface area contributed by atoms with Gasteiger partial charge in [-0.05, 0) is 18.6 Å². The quantitative estimate of drug-likeness (QED) is 0.423. The van der Waals surface area contributed by atoms with E-state index >= 15 is 0 Å². The van der Waals surface area contributed by atoms with Crippen molar-refractivity contribution in [1.82, 2.24) is 4.98 Å². The molecule has 0 radical (unpaired) electrons. The van der Waals surface area contributed by atoms with Crippen molar-refractivity contribution in [3.05, 3.63) is 35.5 Å². The van der Waals surface area contributed by atoms with E-state index in [4.69, 9.17) is 16.8 Å². The third kappa shape index (κ3) is 1.26. The number of hydrogen-bond donors (Lipinski definition) is 2. The lowest BCUT2D eigenvalue weighted by Crippen LogP contribution is -1.89. The molecule has 0 amide bonds. The molecule has 3 nitrogen and oxygen atoms in total. The van der Waals surface area contributed by atoms with Gasteiger partial charge in [-0.15, -0.1) is 0 Å². The third-order valence-electron chi connectivity index (χ3n) is 2.22. The summed E-state index contributed by atoms with van der Waals surface area (Å²) in [6, 6.07) is 5.90. The van der Waals surface area contributed by atoms with Crippen LogP contribution in [0.5, 0.6) is 0 Å². The normalized spacial score (nSPS) is 12.3. The van der Waals surface area contributed by atoms with E-state index in [1.807, 2.05) is 25.1 Å². The maximum absolute atomic E-state index is 8.60. The van der Waals surface area contributed by atoms with Gasteiger partial charge in [-0.3, -0.25) is 0 Å². The molecule has 0 unspecified atom stereocenters. The molecule has 72 valence electrons. The van der Waals surface area contributed by atoms with Crippen molar-refractivity contribution >= 4 is 27.7 Å². The summed E-state index contributed by atoms with van der Waals surface area (Å²) in [7, 11) is 0. The number of aromatic nitrogens is 1. The first-order chi connectivity index (χ1) is 6.74. The molecule has 0 atom stereocenters. The van der Waals surface area contributed by atoms with E-state index in [0.29, 0.717) is 0 Å². The van der Waals surface area contributed by atoms with Gasteiger partial charge in [0.05, 0.1) is 0 Å². The highest BCUT2D eigenvalue weighted by Crippen LogP contribution is 2.23. The number of aromatic amines is 1. The summed E-state index contributed by atoms with van der Waals surface area (Å²) in [5.74, 6) is 0. The number of oxime groups is 1. The van der Waals surface area contributed by atoms with Crippen molar-refractivity contribution in [2.45, 2.75) is 6.92 Å². The molecule has 0 aliphatic rings. The minimum absolute atomic E-state index is 0.102. The molecule has 2 rings (SSSR count). The third-order valence-corrected chi connectivity index (χ3v) is 2.50. The molecule has 1 heterocycles. The Morgan fingerprint density at radius 2 is 2.29 bits per heavy atom. The van der Waals surface area contributed by atoms with E-state index in [1.54, 1.807) is 6.20 Å². The van der Waals surface area contributed by atoms with Crippen molar-refractivity contribution in [3.8, 4) is 0 Å². The van der Waals surface area contributed by atoms with Gasteiger partial charge in [-0.25, -0.2) is 0 Å². The maximum Gasteiger partial charge on any atom is 0.177 e. The van der Waals surface area contributed by atoms with Crippen molar-refractivity contribution in [2.24, 2.45) is 5.16 Å². The molecule has 1 aromatic carbocycles. The fourth-order valence-corrected chi connectivity index (χ4v) is 1.73. The summed E-state index contributed by atoms with van der Waals surface area (Å²) in [6.45, 7) is 1.99. The molecule has 14 heavy (non-hydrogen) atoms. The lowest BCUT2D eigenvalue weighted by molar-refractivity contribution is 0.321. The van der Waals surface area contributed by atoms with Crippen LogP contribution in [0.2, 0.25) is 0 Å². The molecule has 1 aromatic heterocycles. The fourth-order valence-electron chi connectivity index (χ4n) is 1.58. The first-order valence-corrected chi connectivity index (χ1v) is 4.56. The summed E-state index contributed by atoms with van der Waals surface area (Å²) >= 11 is 5.76. The van der Waals surface area contributed by atoms with Crippen LogP contribution < -0.4 is 0 Å². The van der Waals surface area contributed by atoms with Gasteiger partial charge in [0.2, 0.25) is 0 Å². The Labute approximate surface area is 86.0 Å². The van der Waals surface area contributed by atoms with Crippen LogP contribution >= 0.6 is 11.6 Å². The van der Waals surface area contributed by atoms with Crippen LogP contribution in [0.15, 0.2) is 29.6 Å². The van der Waals surface area contributed by atoms with Crippen molar-refractivity contribution in [3.63, 3.8) is 0 Å². The molecule has 4 heteroatoms. The van der Waals surface area contributed by atoms with Crippen LogP contribution in [0.25, 0.3) is 10.9 Å². The summed E-state index contributed by atoms with van der Waals surface area (Å²) in [4.78, 5) is 3.07. The zero-order valence-electron chi connectivity index (χ0n) is 7.58. The Bertz CT molecular complexity index is 502. The first kappa shape index (κ1) is 9.09. The molecule has 0 saturated carbocycles. The van der Waals surface area contributed by atoms with E-state index in [-0.39, 0.29) is 5.17 Å². The molecule has 0 spiro atoms. The fraction of sp³-hybridized carbons (Fsp3) is 0.100. The number of halogens is 1. The van der Waals surface area contributed by atoms with E-state index in [9.17, 15) is 0 Å². The predicted octanol–water partition coefficient (Wildman–Crippen LogP) is 2.85.